The van der Waals surface area contributed by atoms with E-state index in [0.717, 1.165) is 37.2 Å². The summed E-state index contributed by atoms with van der Waals surface area (Å²) in [5.74, 6) is 0.807. The number of likely N-dealkylation sites (tertiary alicyclic amines) is 1. The highest BCUT2D eigenvalue weighted by molar-refractivity contribution is 6.07. The summed E-state index contributed by atoms with van der Waals surface area (Å²) >= 11 is 0. The third kappa shape index (κ3) is 3.39. The first-order valence-electron chi connectivity index (χ1n) is 9.38. The standard InChI is InChI=1S/C21H23N3O3/c1-14-19-17(21(25)24-11-5-3-4-6-12-24)13-18(22-20(19)27-23-14)15-7-9-16(26-2)10-8-15/h7-10,13H,3-6,11-12H2,1-2H3. The molecular weight excluding hydrogens is 342 g/mol. The molecule has 27 heavy (non-hydrogen) atoms. The molecule has 6 nitrogen and oxygen atoms in total. The zero-order chi connectivity index (χ0) is 18.8. The quantitative estimate of drug-likeness (QED) is 0.695. The van der Waals surface area contributed by atoms with Gasteiger partial charge < -0.3 is 14.2 Å². The Hall–Kier alpha value is -2.89. The highest BCUT2D eigenvalue weighted by Crippen LogP contribution is 2.29. The van der Waals surface area contributed by atoms with Crippen molar-refractivity contribution in [2.24, 2.45) is 0 Å². The second-order valence-electron chi connectivity index (χ2n) is 6.94. The summed E-state index contributed by atoms with van der Waals surface area (Å²) in [6.45, 7) is 3.44. The number of carbonyl (C=O) groups excluding carboxylic acids is 1. The van der Waals surface area contributed by atoms with Gasteiger partial charge in [0.15, 0.2) is 0 Å². The van der Waals surface area contributed by atoms with Gasteiger partial charge in [-0.05, 0) is 50.1 Å². The predicted octanol–water partition coefficient (Wildman–Crippen LogP) is 4.22. The summed E-state index contributed by atoms with van der Waals surface area (Å²) in [6.07, 6.45) is 4.46. The van der Waals surface area contributed by atoms with Gasteiger partial charge in [-0.25, -0.2) is 4.98 Å². The van der Waals surface area contributed by atoms with Crippen molar-refractivity contribution < 1.29 is 14.1 Å². The zero-order valence-electron chi connectivity index (χ0n) is 15.7. The SMILES string of the molecule is COc1ccc(-c2cc(C(=O)N3CCCCCC3)c3c(C)noc3n2)cc1. The van der Waals surface area contributed by atoms with Gasteiger partial charge in [-0.1, -0.05) is 18.0 Å². The van der Waals surface area contributed by atoms with Crippen LogP contribution in [0.15, 0.2) is 34.9 Å². The molecule has 0 atom stereocenters. The number of benzene rings is 1. The summed E-state index contributed by atoms with van der Waals surface area (Å²) in [5, 5.41) is 4.75. The lowest BCUT2D eigenvalue weighted by Crippen LogP contribution is -2.32. The molecule has 0 N–H and O–H groups in total. The summed E-state index contributed by atoms with van der Waals surface area (Å²) < 4.78 is 10.6. The number of ether oxygens (including phenoxy) is 1. The van der Waals surface area contributed by atoms with Crippen LogP contribution in [0, 0.1) is 6.92 Å². The van der Waals surface area contributed by atoms with E-state index >= 15 is 0 Å². The first kappa shape index (κ1) is 17.5. The lowest BCUT2D eigenvalue weighted by Gasteiger charge is -2.21. The molecule has 1 fully saturated rings. The van der Waals surface area contributed by atoms with Crippen LogP contribution in [0.3, 0.4) is 0 Å². The van der Waals surface area contributed by atoms with Crippen LogP contribution in [0.4, 0.5) is 0 Å². The van der Waals surface area contributed by atoms with Crippen molar-refractivity contribution in [3.63, 3.8) is 0 Å². The molecule has 1 amide bonds. The number of pyridine rings is 1. The molecule has 1 aromatic carbocycles. The first-order valence-corrected chi connectivity index (χ1v) is 9.38. The Kier molecular flexibility index (Phi) is 4.79. The molecule has 2 aromatic heterocycles. The highest BCUT2D eigenvalue weighted by Gasteiger charge is 2.24. The summed E-state index contributed by atoms with van der Waals surface area (Å²) in [6, 6.07) is 9.47. The third-order valence-electron chi connectivity index (χ3n) is 5.13. The van der Waals surface area contributed by atoms with Crippen molar-refractivity contribution in [3.05, 3.63) is 41.6 Å². The molecule has 0 aliphatic carbocycles. The first-order chi connectivity index (χ1) is 13.2. The van der Waals surface area contributed by atoms with E-state index in [1.165, 1.54) is 12.8 Å². The predicted molar refractivity (Wildman–Crippen MR) is 103 cm³/mol. The molecule has 0 spiro atoms. The third-order valence-corrected chi connectivity index (χ3v) is 5.13. The summed E-state index contributed by atoms with van der Waals surface area (Å²) in [5.41, 5.74) is 3.30. The zero-order valence-corrected chi connectivity index (χ0v) is 15.7. The van der Waals surface area contributed by atoms with Crippen molar-refractivity contribution in [3.8, 4) is 17.0 Å². The maximum Gasteiger partial charge on any atom is 0.259 e. The Morgan fingerprint density at radius 3 is 2.48 bits per heavy atom. The molecule has 3 heterocycles. The van der Waals surface area contributed by atoms with Crippen molar-refractivity contribution in [2.75, 3.05) is 20.2 Å². The van der Waals surface area contributed by atoms with Gasteiger partial charge in [0.05, 0.1) is 29.4 Å². The molecule has 0 radical (unpaired) electrons. The summed E-state index contributed by atoms with van der Waals surface area (Å²) in [7, 11) is 1.63. The van der Waals surface area contributed by atoms with E-state index in [0.29, 0.717) is 28.1 Å². The fraction of sp³-hybridized carbons (Fsp3) is 0.381. The molecule has 0 unspecified atom stereocenters. The molecule has 0 saturated carbocycles. The van der Waals surface area contributed by atoms with Crippen molar-refractivity contribution in [1.29, 1.82) is 0 Å². The Bertz CT molecular complexity index is 955. The van der Waals surface area contributed by atoms with Gasteiger partial charge in [-0.15, -0.1) is 0 Å². The van der Waals surface area contributed by atoms with Gasteiger partial charge in [0.2, 0.25) is 0 Å². The van der Waals surface area contributed by atoms with Crippen LogP contribution in [0.2, 0.25) is 0 Å². The van der Waals surface area contributed by atoms with Crippen molar-refractivity contribution >= 4 is 17.0 Å². The highest BCUT2D eigenvalue weighted by atomic mass is 16.5. The number of rotatable bonds is 3. The monoisotopic (exact) mass is 365 g/mol. The molecule has 1 saturated heterocycles. The summed E-state index contributed by atoms with van der Waals surface area (Å²) in [4.78, 5) is 19.8. The lowest BCUT2D eigenvalue weighted by molar-refractivity contribution is 0.0763. The number of aryl methyl sites for hydroxylation is 1. The largest absolute Gasteiger partial charge is 0.497 e. The maximum atomic E-state index is 13.3. The Labute approximate surface area is 158 Å². The number of hydrogen-bond acceptors (Lipinski definition) is 5. The van der Waals surface area contributed by atoms with E-state index in [4.69, 9.17) is 9.26 Å². The molecule has 4 rings (SSSR count). The van der Waals surface area contributed by atoms with Crippen LogP contribution in [0.25, 0.3) is 22.4 Å². The minimum atomic E-state index is 0.0327. The van der Waals surface area contributed by atoms with Gasteiger partial charge in [0.1, 0.15) is 5.75 Å². The number of carbonyl (C=O) groups is 1. The van der Waals surface area contributed by atoms with E-state index in [-0.39, 0.29) is 5.91 Å². The van der Waals surface area contributed by atoms with Crippen LogP contribution in [0.5, 0.6) is 5.75 Å². The Morgan fingerprint density at radius 1 is 1.11 bits per heavy atom. The van der Waals surface area contributed by atoms with Gasteiger partial charge in [0, 0.05) is 18.7 Å². The number of fused-ring (bicyclic) bond motifs is 1. The van der Waals surface area contributed by atoms with E-state index in [1.54, 1.807) is 7.11 Å². The molecule has 0 bridgehead atoms. The topological polar surface area (TPSA) is 68.5 Å². The molecule has 1 aliphatic rings. The molecule has 140 valence electrons. The van der Waals surface area contributed by atoms with Gasteiger partial charge >= 0.3 is 0 Å². The average molecular weight is 365 g/mol. The lowest BCUT2D eigenvalue weighted by atomic mass is 10.0. The minimum absolute atomic E-state index is 0.0327. The van der Waals surface area contributed by atoms with Gasteiger partial charge in [-0.2, -0.15) is 0 Å². The van der Waals surface area contributed by atoms with Gasteiger partial charge in [-0.3, -0.25) is 4.79 Å². The van der Waals surface area contributed by atoms with E-state index in [2.05, 4.69) is 10.1 Å². The number of amides is 1. The number of aromatic nitrogens is 2. The molecule has 6 heteroatoms. The fourth-order valence-electron chi connectivity index (χ4n) is 3.62. The van der Waals surface area contributed by atoms with Gasteiger partial charge in [0.25, 0.3) is 11.6 Å². The van der Waals surface area contributed by atoms with Crippen molar-refractivity contribution in [1.82, 2.24) is 15.0 Å². The Morgan fingerprint density at radius 2 is 1.81 bits per heavy atom. The number of nitrogens with zero attached hydrogens (tertiary/aromatic N) is 3. The molecule has 3 aromatic rings. The van der Waals surface area contributed by atoms with Crippen LogP contribution in [-0.2, 0) is 0 Å². The fourth-order valence-corrected chi connectivity index (χ4v) is 3.62. The van der Waals surface area contributed by atoms with Crippen molar-refractivity contribution in [2.45, 2.75) is 32.6 Å². The van der Waals surface area contributed by atoms with Crippen LogP contribution < -0.4 is 4.74 Å². The molecule has 1 aliphatic heterocycles. The normalized spacial score (nSPS) is 15.0. The van der Waals surface area contributed by atoms with Crippen LogP contribution in [-0.4, -0.2) is 41.1 Å². The van der Waals surface area contributed by atoms with Crippen LogP contribution in [0.1, 0.15) is 41.7 Å². The number of methoxy groups -OCH3 is 1. The minimum Gasteiger partial charge on any atom is -0.497 e. The smallest absolute Gasteiger partial charge is 0.259 e. The Balaban J connectivity index is 1.79. The maximum absolute atomic E-state index is 13.3. The van der Waals surface area contributed by atoms with Crippen LogP contribution >= 0.6 is 0 Å². The average Bonchev–Trinajstić information content (AvgIpc) is 2.91. The number of hydrogen-bond donors (Lipinski definition) is 0. The second kappa shape index (κ2) is 7.39. The van der Waals surface area contributed by atoms with E-state index in [1.807, 2.05) is 42.2 Å². The van der Waals surface area contributed by atoms with E-state index < -0.39 is 0 Å². The van der Waals surface area contributed by atoms with E-state index in [9.17, 15) is 4.79 Å². The second-order valence-corrected chi connectivity index (χ2v) is 6.94. The molecular formula is C21H23N3O3.